The van der Waals surface area contributed by atoms with Crippen LogP contribution in [0.1, 0.15) is 125 Å². The third kappa shape index (κ3) is 9.75. The summed E-state index contributed by atoms with van der Waals surface area (Å²) in [5.41, 5.74) is 1.45. The van der Waals surface area contributed by atoms with Gasteiger partial charge in [0.15, 0.2) is 6.29 Å². The van der Waals surface area contributed by atoms with Crippen LogP contribution in [0, 0.1) is 0 Å². The second kappa shape index (κ2) is 15.9. The van der Waals surface area contributed by atoms with Crippen LogP contribution in [0.2, 0.25) is 0 Å². The lowest BCUT2D eigenvalue weighted by molar-refractivity contribution is -0.168. The minimum absolute atomic E-state index is 0.128. The summed E-state index contributed by atoms with van der Waals surface area (Å²) in [6.45, 7) is 9.23. The van der Waals surface area contributed by atoms with Gasteiger partial charge in [-0.15, -0.1) is 0 Å². The van der Waals surface area contributed by atoms with Crippen LogP contribution >= 0.6 is 0 Å². The molecule has 1 heterocycles. The summed E-state index contributed by atoms with van der Waals surface area (Å²) in [6.07, 6.45) is 9.78. The Morgan fingerprint density at radius 1 is 0.882 bits per heavy atom. The Kier molecular flexibility index (Phi) is 13.2. The van der Waals surface area contributed by atoms with Gasteiger partial charge in [0.25, 0.3) is 0 Å². The molecule has 3 atom stereocenters. The van der Waals surface area contributed by atoms with Gasteiger partial charge in [0.05, 0.1) is 17.7 Å². The van der Waals surface area contributed by atoms with E-state index in [1.54, 1.807) is 18.2 Å². The van der Waals surface area contributed by atoms with Crippen LogP contribution in [0.15, 0.2) is 18.2 Å². The highest BCUT2D eigenvalue weighted by molar-refractivity contribution is 5.95. The Morgan fingerprint density at radius 2 is 1.44 bits per heavy atom. The number of ether oxygens (including phenoxy) is 4. The molecule has 1 saturated heterocycles. The van der Waals surface area contributed by atoms with Crippen molar-refractivity contribution in [3.8, 4) is 0 Å². The summed E-state index contributed by atoms with van der Waals surface area (Å²) >= 11 is 0. The maximum absolute atomic E-state index is 13.0. The van der Waals surface area contributed by atoms with Gasteiger partial charge in [0.1, 0.15) is 12.2 Å². The van der Waals surface area contributed by atoms with E-state index in [0.29, 0.717) is 17.7 Å². The molecule has 1 fully saturated rings. The van der Waals surface area contributed by atoms with E-state index in [4.69, 9.17) is 18.9 Å². The molecule has 3 unspecified atom stereocenters. The molecule has 1 aliphatic heterocycles. The van der Waals surface area contributed by atoms with Crippen LogP contribution in [0.5, 0.6) is 0 Å². The van der Waals surface area contributed by atoms with Gasteiger partial charge in [-0.3, -0.25) is 0 Å². The predicted octanol–water partition coefficient (Wildman–Crippen LogP) is 6.98. The highest BCUT2D eigenvalue weighted by atomic mass is 16.7. The molecule has 192 valence electrons. The first kappa shape index (κ1) is 28.3. The fraction of sp³-hybridized carbons (Fsp3) is 0.714. The van der Waals surface area contributed by atoms with Crippen LogP contribution in [-0.4, -0.2) is 37.0 Å². The second-order valence-corrected chi connectivity index (χ2v) is 9.18. The summed E-state index contributed by atoms with van der Waals surface area (Å²) in [4.78, 5) is 26.0. The van der Waals surface area contributed by atoms with Crippen LogP contribution < -0.4 is 0 Å². The lowest BCUT2D eigenvalue weighted by Crippen LogP contribution is -2.22. The highest BCUT2D eigenvalue weighted by Crippen LogP contribution is 2.21. The molecule has 0 radical (unpaired) electrons. The number of carbonyl (C=O) groups excluding carboxylic acids is 2. The summed E-state index contributed by atoms with van der Waals surface area (Å²) in [5, 5.41) is 0. The molecule has 0 aliphatic carbocycles. The molecule has 0 N–H and O–H groups in total. The summed E-state index contributed by atoms with van der Waals surface area (Å²) in [6, 6.07) is 5.09. The molecular weight excluding hydrogens is 432 g/mol. The van der Waals surface area contributed by atoms with E-state index in [-0.39, 0.29) is 25.1 Å². The van der Waals surface area contributed by atoms with Crippen molar-refractivity contribution < 1.29 is 28.5 Å². The zero-order valence-corrected chi connectivity index (χ0v) is 21.6. The number of hydrogen-bond donors (Lipinski definition) is 0. The number of hydrogen-bond acceptors (Lipinski definition) is 6. The lowest BCUT2D eigenvalue weighted by atomic mass is 10.0. The molecule has 6 heteroatoms. The van der Waals surface area contributed by atoms with Gasteiger partial charge in [-0.05, 0) is 68.7 Å². The van der Waals surface area contributed by atoms with E-state index in [1.807, 2.05) is 13.8 Å². The van der Waals surface area contributed by atoms with Crippen molar-refractivity contribution in [3.05, 3.63) is 34.9 Å². The first-order chi connectivity index (χ1) is 16.5. The Morgan fingerprint density at radius 3 is 1.88 bits per heavy atom. The van der Waals surface area contributed by atoms with Crippen molar-refractivity contribution in [2.75, 3.05) is 6.61 Å². The summed E-state index contributed by atoms with van der Waals surface area (Å²) < 4.78 is 23.1. The molecule has 1 aliphatic rings. The van der Waals surface area contributed by atoms with Crippen LogP contribution in [0.3, 0.4) is 0 Å². The molecule has 0 spiro atoms. The van der Waals surface area contributed by atoms with Gasteiger partial charge < -0.3 is 18.9 Å². The second-order valence-electron chi connectivity index (χ2n) is 9.18. The van der Waals surface area contributed by atoms with Crippen molar-refractivity contribution >= 4 is 11.9 Å². The molecule has 6 nitrogen and oxygen atoms in total. The maximum Gasteiger partial charge on any atom is 0.338 e. The summed E-state index contributed by atoms with van der Waals surface area (Å²) in [5.74, 6) is -0.823. The third-order valence-corrected chi connectivity index (χ3v) is 6.26. The quantitative estimate of drug-likeness (QED) is 0.254. The first-order valence-electron chi connectivity index (χ1n) is 13.3. The molecule has 1 aromatic rings. The van der Waals surface area contributed by atoms with Gasteiger partial charge in [-0.25, -0.2) is 9.59 Å². The minimum Gasteiger partial charge on any atom is -0.459 e. The molecule has 0 saturated carbocycles. The SMILES string of the molecule is CCCCC(CC)OC(=O)c1cc(COC2CCCCO2)cc(C(=O)OC(CC)CCCC)c1. The van der Waals surface area contributed by atoms with Gasteiger partial charge >= 0.3 is 11.9 Å². The Bertz CT molecular complexity index is 692. The number of esters is 2. The predicted molar refractivity (Wildman–Crippen MR) is 133 cm³/mol. The molecular formula is C28H44O6. The number of rotatable bonds is 15. The Labute approximate surface area is 205 Å². The van der Waals surface area contributed by atoms with Gasteiger partial charge in [0.2, 0.25) is 0 Å². The summed E-state index contributed by atoms with van der Waals surface area (Å²) in [7, 11) is 0. The largest absolute Gasteiger partial charge is 0.459 e. The van der Waals surface area contributed by atoms with Crippen molar-refractivity contribution in [1.82, 2.24) is 0 Å². The smallest absolute Gasteiger partial charge is 0.338 e. The molecule has 34 heavy (non-hydrogen) atoms. The van der Waals surface area contributed by atoms with Crippen molar-refractivity contribution in [2.45, 2.75) is 123 Å². The van der Waals surface area contributed by atoms with E-state index >= 15 is 0 Å². The van der Waals surface area contributed by atoms with Crippen LogP contribution in [0.25, 0.3) is 0 Å². The van der Waals surface area contributed by atoms with Gasteiger partial charge in [-0.1, -0.05) is 53.4 Å². The van der Waals surface area contributed by atoms with Gasteiger partial charge in [-0.2, -0.15) is 0 Å². The molecule has 1 aromatic carbocycles. The normalized spacial score (nSPS) is 17.7. The van der Waals surface area contributed by atoms with E-state index in [2.05, 4.69) is 13.8 Å². The topological polar surface area (TPSA) is 71.1 Å². The van der Waals surface area contributed by atoms with Crippen molar-refractivity contribution in [1.29, 1.82) is 0 Å². The average molecular weight is 477 g/mol. The maximum atomic E-state index is 13.0. The number of benzene rings is 1. The average Bonchev–Trinajstić information content (AvgIpc) is 2.87. The van der Waals surface area contributed by atoms with Crippen molar-refractivity contribution in [2.24, 2.45) is 0 Å². The fourth-order valence-electron chi connectivity index (χ4n) is 4.04. The van der Waals surface area contributed by atoms with E-state index in [9.17, 15) is 9.59 Å². The minimum atomic E-state index is -0.411. The zero-order chi connectivity index (χ0) is 24.8. The Hall–Kier alpha value is -1.92. The molecule has 0 bridgehead atoms. The number of unbranched alkanes of at least 4 members (excludes halogenated alkanes) is 2. The third-order valence-electron chi connectivity index (χ3n) is 6.26. The van der Waals surface area contributed by atoms with Crippen molar-refractivity contribution in [3.63, 3.8) is 0 Å². The molecule has 2 rings (SSSR count). The molecule has 0 aromatic heterocycles. The fourth-order valence-corrected chi connectivity index (χ4v) is 4.04. The highest BCUT2D eigenvalue weighted by Gasteiger charge is 2.21. The van der Waals surface area contributed by atoms with E-state index in [1.165, 1.54) is 0 Å². The van der Waals surface area contributed by atoms with E-state index < -0.39 is 11.9 Å². The monoisotopic (exact) mass is 476 g/mol. The van der Waals surface area contributed by atoms with Crippen LogP contribution in [-0.2, 0) is 25.6 Å². The number of carbonyl (C=O) groups is 2. The lowest BCUT2D eigenvalue weighted by Gasteiger charge is -2.23. The zero-order valence-electron chi connectivity index (χ0n) is 21.6. The first-order valence-corrected chi connectivity index (χ1v) is 13.3. The van der Waals surface area contributed by atoms with Crippen LogP contribution in [0.4, 0.5) is 0 Å². The van der Waals surface area contributed by atoms with Gasteiger partial charge in [0, 0.05) is 6.61 Å². The Balaban J connectivity index is 2.19. The standard InChI is InChI=1S/C28H44O6/c1-5-9-13-24(7-3)33-27(29)22-17-21(20-32-26-15-11-12-16-31-26)18-23(19-22)28(30)34-25(8-4)14-10-6-2/h17-19,24-26H,5-16,20H2,1-4H3. The molecule has 0 amide bonds. The van der Waals surface area contributed by atoms with E-state index in [0.717, 1.165) is 76.2 Å².